The van der Waals surface area contributed by atoms with E-state index in [0.717, 1.165) is 0 Å². The Hall–Kier alpha value is -0.530. The predicted octanol–water partition coefficient (Wildman–Crippen LogP) is 1.68. The molecule has 0 fully saturated rings. The molecular weight excluding hydrogens is 301 g/mol. The lowest BCUT2D eigenvalue weighted by Gasteiger charge is -2.07. The average Bonchev–Trinajstić information content (AvgIpc) is 2.20. The summed E-state index contributed by atoms with van der Waals surface area (Å²) < 4.78 is 31.6. The lowest BCUT2D eigenvalue weighted by Crippen LogP contribution is -2.21. The molecule has 0 aliphatic carbocycles. The third-order valence-electron chi connectivity index (χ3n) is 1.84. The molecule has 0 unspecified atom stereocenters. The van der Waals surface area contributed by atoms with E-state index in [1.165, 1.54) is 0 Å². The van der Waals surface area contributed by atoms with Crippen molar-refractivity contribution in [2.75, 3.05) is 25.6 Å². The molecule has 18 heavy (non-hydrogen) atoms. The van der Waals surface area contributed by atoms with Gasteiger partial charge in [-0.25, -0.2) is 13.6 Å². The molecule has 0 heterocycles. The van der Waals surface area contributed by atoms with Crippen LogP contribution in [0.4, 0.5) is 0 Å². The van der Waals surface area contributed by atoms with Crippen LogP contribution in [-0.4, -0.2) is 34.0 Å². The van der Waals surface area contributed by atoms with Gasteiger partial charge in [-0.2, -0.15) is 0 Å². The average molecular weight is 314 g/mol. The zero-order chi connectivity index (χ0) is 13.6. The number of benzene rings is 1. The number of nitrogens with two attached hydrogens (primary N) is 1. The summed E-state index contributed by atoms with van der Waals surface area (Å²) in [5.41, 5.74) is 0. The van der Waals surface area contributed by atoms with Gasteiger partial charge in [-0.05, 0) is 18.2 Å². The lowest BCUT2D eigenvalue weighted by atomic mass is 10.3. The summed E-state index contributed by atoms with van der Waals surface area (Å²) in [6, 6.07) is 4.84. The Labute approximate surface area is 116 Å². The summed E-state index contributed by atoms with van der Waals surface area (Å²) in [4.78, 5) is 0. The lowest BCUT2D eigenvalue weighted by molar-refractivity contribution is 0.111. The molecule has 0 amide bonds. The Morgan fingerprint density at radius 3 is 2.22 bits per heavy atom. The first kappa shape index (κ1) is 15.5. The van der Waals surface area contributed by atoms with E-state index in [9.17, 15) is 8.42 Å². The van der Waals surface area contributed by atoms with E-state index in [2.05, 4.69) is 0 Å². The summed E-state index contributed by atoms with van der Waals surface area (Å²) >= 11 is 11.6. The molecule has 0 aliphatic rings. The molecule has 0 radical (unpaired) electrons. The smallest absolute Gasteiger partial charge is 0.211 e. The summed E-state index contributed by atoms with van der Waals surface area (Å²) in [5.74, 6) is 0.318. The van der Waals surface area contributed by atoms with Gasteiger partial charge in [0.2, 0.25) is 10.0 Å². The summed E-state index contributed by atoms with van der Waals surface area (Å²) in [6.07, 6.45) is 0. The van der Waals surface area contributed by atoms with E-state index in [0.29, 0.717) is 15.8 Å². The van der Waals surface area contributed by atoms with Crippen molar-refractivity contribution in [3.8, 4) is 5.75 Å². The molecule has 0 saturated heterocycles. The van der Waals surface area contributed by atoms with Crippen molar-refractivity contribution in [1.82, 2.24) is 0 Å². The summed E-state index contributed by atoms with van der Waals surface area (Å²) in [7, 11) is -3.48. The number of halogens is 2. The molecule has 1 rings (SSSR count). The van der Waals surface area contributed by atoms with Crippen molar-refractivity contribution >= 4 is 33.2 Å². The van der Waals surface area contributed by atoms with Gasteiger partial charge in [-0.1, -0.05) is 23.2 Å². The molecule has 0 atom stereocenters. The highest BCUT2D eigenvalue weighted by atomic mass is 35.5. The summed E-state index contributed by atoms with van der Waals surface area (Å²) in [6.45, 7) is 0.555. The van der Waals surface area contributed by atoms with Crippen LogP contribution in [-0.2, 0) is 14.8 Å². The van der Waals surface area contributed by atoms with Crippen LogP contribution < -0.4 is 9.88 Å². The molecule has 5 nitrogen and oxygen atoms in total. The fraction of sp³-hybridized carbons (Fsp3) is 0.400. The second kappa shape index (κ2) is 7.16. The van der Waals surface area contributed by atoms with Gasteiger partial charge < -0.3 is 9.47 Å². The minimum absolute atomic E-state index is 0.0402. The third-order valence-corrected chi connectivity index (χ3v) is 3.02. The van der Waals surface area contributed by atoms with E-state index in [1.807, 2.05) is 0 Å². The van der Waals surface area contributed by atoms with Gasteiger partial charge in [0, 0.05) is 10.0 Å². The number of hydrogen-bond donors (Lipinski definition) is 1. The van der Waals surface area contributed by atoms with E-state index >= 15 is 0 Å². The maximum Gasteiger partial charge on any atom is 0.211 e. The Balaban J connectivity index is 2.22. The highest BCUT2D eigenvalue weighted by Crippen LogP contribution is 2.23. The second-order valence-corrected chi connectivity index (χ2v) is 6.04. The van der Waals surface area contributed by atoms with Crippen LogP contribution in [0.5, 0.6) is 5.75 Å². The van der Waals surface area contributed by atoms with Crippen molar-refractivity contribution < 1.29 is 17.9 Å². The van der Waals surface area contributed by atoms with Crippen molar-refractivity contribution in [1.29, 1.82) is 0 Å². The zero-order valence-corrected chi connectivity index (χ0v) is 11.8. The fourth-order valence-corrected chi connectivity index (χ4v) is 1.96. The van der Waals surface area contributed by atoms with E-state index in [-0.39, 0.29) is 25.6 Å². The summed E-state index contributed by atoms with van der Waals surface area (Å²) in [5, 5.41) is 5.76. The SMILES string of the molecule is NS(=O)(=O)CCOCCOc1cc(Cl)cc(Cl)c1. The van der Waals surface area contributed by atoms with Crippen molar-refractivity contribution in [2.24, 2.45) is 5.14 Å². The minimum Gasteiger partial charge on any atom is -0.491 e. The van der Waals surface area contributed by atoms with Crippen LogP contribution in [0.25, 0.3) is 0 Å². The Bertz CT molecular complexity index is 472. The molecular formula is C10H13Cl2NO4S. The maximum absolute atomic E-state index is 10.6. The number of rotatable bonds is 7. The molecule has 1 aromatic rings. The maximum atomic E-state index is 10.6. The van der Waals surface area contributed by atoms with Crippen LogP contribution in [0.1, 0.15) is 0 Å². The van der Waals surface area contributed by atoms with Crippen LogP contribution in [0.15, 0.2) is 18.2 Å². The highest BCUT2D eigenvalue weighted by Gasteiger charge is 2.02. The van der Waals surface area contributed by atoms with E-state index < -0.39 is 10.0 Å². The van der Waals surface area contributed by atoms with Crippen molar-refractivity contribution in [3.05, 3.63) is 28.2 Å². The normalized spacial score (nSPS) is 11.5. The molecule has 0 saturated carbocycles. The predicted molar refractivity (Wildman–Crippen MR) is 70.8 cm³/mol. The van der Waals surface area contributed by atoms with E-state index in [1.54, 1.807) is 18.2 Å². The first-order chi connectivity index (χ1) is 8.37. The molecule has 8 heteroatoms. The van der Waals surface area contributed by atoms with Crippen molar-refractivity contribution in [3.63, 3.8) is 0 Å². The van der Waals surface area contributed by atoms with Gasteiger partial charge >= 0.3 is 0 Å². The topological polar surface area (TPSA) is 78.6 Å². The van der Waals surface area contributed by atoms with Gasteiger partial charge in [-0.3, -0.25) is 0 Å². The molecule has 2 N–H and O–H groups in total. The van der Waals surface area contributed by atoms with Crippen LogP contribution in [0.3, 0.4) is 0 Å². The van der Waals surface area contributed by atoms with Crippen LogP contribution in [0, 0.1) is 0 Å². The first-order valence-corrected chi connectivity index (χ1v) is 7.51. The van der Waals surface area contributed by atoms with Gasteiger partial charge in [0.1, 0.15) is 12.4 Å². The van der Waals surface area contributed by atoms with Gasteiger partial charge in [0.15, 0.2) is 0 Å². The van der Waals surface area contributed by atoms with Crippen molar-refractivity contribution in [2.45, 2.75) is 0 Å². The molecule has 102 valence electrons. The largest absolute Gasteiger partial charge is 0.491 e. The second-order valence-electron chi connectivity index (χ2n) is 3.43. The Morgan fingerprint density at radius 2 is 1.67 bits per heavy atom. The molecule has 1 aromatic carbocycles. The Morgan fingerprint density at radius 1 is 1.06 bits per heavy atom. The monoisotopic (exact) mass is 313 g/mol. The zero-order valence-electron chi connectivity index (χ0n) is 9.43. The van der Waals surface area contributed by atoms with Gasteiger partial charge in [0.05, 0.1) is 19.0 Å². The first-order valence-electron chi connectivity index (χ1n) is 5.04. The molecule has 0 aromatic heterocycles. The third kappa shape index (κ3) is 7.03. The van der Waals surface area contributed by atoms with E-state index in [4.69, 9.17) is 37.8 Å². The fourth-order valence-electron chi connectivity index (χ4n) is 1.11. The van der Waals surface area contributed by atoms with Gasteiger partial charge in [0.25, 0.3) is 0 Å². The van der Waals surface area contributed by atoms with Crippen LogP contribution >= 0.6 is 23.2 Å². The number of ether oxygens (including phenoxy) is 2. The quantitative estimate of drug-likeness (QED) is 0.777. The van der Waals surface area contributed by atoms with Crippen LogP contribution in [0.2, 0.25) is 10.0 Å². The standard InChI is InChI=1S/C10H13Cl2NO4S/c11-8-5-9(12)7-10(6-8)17-2-1-16-3-4-18(13,14)15/h5-7H,1-4H2,(H2,13,14,15). The molecule has 0 aliphatic heterocycles. The Kier molecular flexibility index (Phi) is 6.17. The highest BCUT2D eigenvalue weighted by molar-refractivity contribution is 7.89. The molecule has 0 spiro atoms. The molecule has 0 bridgehead atoms. The van der Waals surface area contributed by atoms with Gasteiger partial charge in [-0.15, -0.1) is 0 Å². The number of hydrogen-bond acceptors (Lipinski definition) is 4. The minimum atomic E-state index is -3.48. The number of primary sulfonamides is 1. The number of sulfonamides is 1.